The Hall–Kier alpha value is -1.12. The summed E-state index contributed by atoms with van der Waals surface area (Å²) < 4.78 is 26.2. The van der Waals surface area contributed by atoms with E-state index >= 15 is 0 Å². The van der Waals surface area contributed by atoms with Crippen LogP contribution in [0.3, 0.4) is 0 Å². The van der Waals surface area contributed by atoms with Crippen LogP contribution in [0.5, 0.6) is 0 Å². The predicted molar refractivity (Wildman–Crippen MR) is 83.2 cm³/mol. The second kappa shape index (κ2) is 9.01. The third kappa shape index (κ3) is 6.45. The highest BCUT2D eigenvalue weighted by atomic mass is 32.2. The fraction of sp³-hybridized carbons (Fsp3) is 0.562. The van der Waals surface area contributed by atoms with Gasteiger partial charge >= 0.3 is 0 Å². The fourth-order valence-electron chi connectivity index (χ4n) is 1.94. The molecule has 0 amide bonds. The molecule has 1 aromatic rings. The van der Waals surface area contributed by atoms with Crippen LogP contribution in [0.15, 0.2) is 23.1 Å². The van der Waals surface area contributed by atoms with Gasteiger partial charge in [-0.05, 0) is 57.0 Å². The van der Waals surface area contributed by atoms with Gasteiger partial charge in [-0.2, -0.15) is 5.26 Å². The molecule has 0 aliphatic heterocycles. The van der Waals surface area contributed by atoms with Crippen LogP contribution in [0.4, 0.5) is 8.78 Å². The van der Waals surface area contributed by atoms with Crippen molar-refractivity contribution in [2.45, 2.75) is 50.0 Å². The number of halogens is 2. The summed E-state index contributed by atoms with van der Waals surface area (Å²) in [5.74, 6) is -0.298. The quantitative estimate of drug-likeness (QED) is 0.538. The summed E-state index contributed by atoms with van der Waals surface area (Å²) >= 11 is 1.39. The molecule has 0 fully saturated rings. The van der Waals surface area contributed by atoms with Gasteiger partial charge in [0.2, 0.25) is 0 Å². The third-order valence-corrected chi connectivity index (χ3v) is 4.37. The molecule has 0 spiro atoms. The van der Waals surface area contributed by atoms with Gasteiger partial charge in [0, 0.05) is 11.0 Å². The first-order chi connectivity index (χ1) is 10.0. The van der Waals surface area contributed by atoms with Gasteiger partial charge in [-0.25, -0.2) is 8.78 Å². The number of nitrogens with one attached hydrogen (secondary N) is 1. The molecule has 0 radical (unpaired) electrons. The van der Waals surface area contributed by atoms with Crippen molar-refractivity contribution in [1.82, 2.24) is 5.32 Å². The zero-order chi connectivity index (χ0) is 15.7. The Morgan fingerprint density at radius 2 is 2.10 bits per heavy atom. The molecule has 1 unspecified atom stereocenters. The second-order valence-corrected chi connectivity index (χ2v) is 6.39. The molecule has 2 nitrogen and oxygen atoms in total. The van der Waals surface area contributed by atoms with Gasteiger partial charge in [-0.1, -0.05) is 6.92 Å². The molecule has 0 aliphatic carbocycles. The molecule has 116 valence electrons. The molecule has 0 bridgehead atoms. The zero-order valence-corrected chi connectivity index (χ0v) is 13.4. The molecule has 0 heterocycles. The molecule has 1 aromatic carbocycles. The van der Waals surface area contributed by atoms with E-state index in [9.17, 15) is 14.0 Å². The summed E-state index contributed by atoms with van der Waals surface area (Å²) in [6.45, 7) is 4.81. The maximum absolute atomic E-state index is 13.4. The van der Waals surface area contributed by atoms with Crippen molar-refractivity contribution in [3.8, 4) is 6.07 Å². The van der Waals surface area contributed by atoms with Crippen molar-refractivity contribution >= 4 is 11.8 Å². The normalized spacial score (nSPS) is 13.7. The van der Waals surface area contributed by atoms with Crippen LogP contribution in [0.2, 0.25) is 0 Å². The van der Waals surface area contributed by atoms with E-state index in [4.69, 9.17) is 0 Å². The Kier molecular flexibility index (Phi) is 7.69. The van der Waals surface area contributed by atoms with Crippen molar-refractivity contribution in [1.29, 1.82) is 5.26 Å². The summed E-state index contributed by atoms with van der Waals surface area (Å²) in [6, 6.07) is 5.96. The van der Waals surface area contributed by atoms with E-state index < -0.39 is 17.2 Å². The predicted octanol–water partition coefficient (Wildman–Crippen LogP) is 4.51. The minimum absolute atomic E-state index is 0.476. The maximum atomic E-state index is 13.4. The van der Waals surface area contributed by atoms with Crippen molar-refractivity contribution in [2.24, 2.45) is 0 Å². The number of thioether (sulfide) groups is 1. The summed E-state index contributed by atoms with van der Waals surface area (Å²) in [4.78, 5) is 0.476. The van der Waals surface area contributed by atoms with Gasteiger partial charge in [0.25, 0.3) is 0 Å². The Morgan fingerprint density at radius 3 is 2.71 bits per heavy atom. The Balaban J connectivity index is 2.29. The average Bonchev–Trinajstić information content (AvgIpc) is 2.47. The van der Waals surface area contributed by atoms with Gasteiger partial charge < -0.3 is 0 Å². The van der Waals surface area contributed by atoms with E-state index in [-0.39, 0.29) is 0 Å². The van der Waals surface area contributed by atoms with Crippen LogP contribution in [0, 0.1) is 23.0 Å². The molecule has 1 atom stereocenters. The minimum Gasteiger partial charge on any atom is -0.300 e. The molecule has 0 saturated carbocycles. The Labute approximate surface area is 129 Å². The molecule has 0 aliphatic rings. The smallest absolute Gasteiger partial charge is 0.139 e. The van der Waals surface area contributed by atoms with Gasteiger partial charge in [0.15, 0.2) is 0 Å². The number of benzene rings is 1. The zero-order valence-electron chi connectivity index (χ0n) is 12.6. The van der Waals surface area contributed by atoms with Crippen LogP contribution in [0.25, 0.3) is 0 Å². The van der Waals surface area contributed by atoms with Gasteiger partial charge in [-0.3, -0.25) is 5.32 Å². The number of rotatable bonds is 9. The lowest BCUT2D eigenvalue weighted by Gasteiger charge is -2.22. The Bertz CT molecular complexity index is 488. The highest BCUT2D eigenvalue weighted by Crippen LogP contribution is 2.24. The maximum Gasteiger partial charge on any atom is 0.139 e. The first-order valence-electron chi connectivity index (χ1n) is 7.25. The van der Waals surface area contributed by atoms with Crippen LogP contribution in [-0.2, 0) is 0 Å². The van der Waals surface area contributed by atoms with Gasteiger partial charge in [0.1, 0.15) is 17.2 Å². The van der Waals surface area contributed by atoms with Gasteiger partial charge in [-0.15, -0.1) is 11.8 Å². The first-order valence-corrected chi connectivity index (χ1v) is 8.23. The summed E-state index contributed by atoms with van der Waals surface area (Å²) in [5.41, 5.74) is -0.484. The lowest BCUT2D eigenvalue weighted by atomic mass is 9.96. The molecule has 5 heteroatoms. The summed E-state index contributed by atoms with van der Waals surface area (Å²) in [7, 11) is 0. The second-order valence-electron chi connectivity index (χ2n) is 5.25. The van der Waals surface area contributed by atoms with Crippen molar-refractivity contribution < 1.29 is 8.78 Å². The van der Waals surface area contributed by atoms with Crippen molar-refractivity contribution in [3.05, 3.63) is 29.8 Å². The van der Waals surface area contributed by atoms with Gasteiger partial charge in [0.05, 0.1) is 6.07 Å². The third-order valence-electron chi connectivity index (χ3n) is 3.23. The van der Waals surface area contributed by atoms with Crippen LogP contribution in [0.1, 0.15) is 39.5 Å². The number of hydrogen-bond acceptors (Lipinski definition) is 3. The minimum atomic E-state index is -0.552. The first kappa shape index (κ1) is 17.9. The highest BCUT2D eigenvalue weighted by molar-refractivity contribution is 7.99. The standard InChI is InChI=1S/C16H22F2N2S/c1-3-9-20-16(2,12-19)8-4-5-10-21-15-7-6-13(17)11-14(15)18/h6-7,11,20H,3-5,8-10H2,1-2H3. The topological polar surface area (TPSA) is 35.8 Å². The highest BCUT2D eigenvalue weighted by Gasteiger charge is 2.21. The molecule has 21 heavy (non-hydrogen) atoms. The fourth-order valence-corrected chi connectivity index (χ4v) is 2.87. The SMILES string of the molecule is CCCNC(C)(C#N)CCCCSc1ccc(F)cc1F. The Morgan fingerprint density at radius 1 is 1.33 bits per heavy atom. The van der Waals surface area contributed by atoms with E-state index in [1.54, 1.807) is 0 Å². The number of nitrogens with zero attached hydrogens (tertiary/aromatic N) is 1. The molecular weight excluding hydrogens is 290 g/mol. The van der Waals surface area contributed by atoms with E-state index in [0.29, 0.717) is 4.90 Å². The number of hydrogen-bond donors (Lipinski definition) is 1. The van der Waals surface area contributed by atoms with E-state index in [1.165, 1.54) is 23.9 Å². The lowest BCUT2D eigenvalue weighted by Crippen LogP contribution is -2.41. The summed E-state index contributed by atoms with van der Waals surface area (Å²) in [6.07, 6.45) is 3.57. The summed E-state index contributed by atoms with van der Waals surface area (Å²) in [5, 5.41) is 12.5. The number of nitriles is 1. The van der Waals surface area contributed by atoms with E-state index in [1.807, 2.05) is 6.92 Å². The average molecular weight is 312 g/mol. The largest absolute Gasteiger partial charge is 0.300 e. The molecular formula is C16H22F2N2S. The lowest BCUT2D eigenvalue weighted by molar-refractivity contribution is 0.406. The molecule has 0 aromatic heterocycles. The van der Waals surface area contributed by atoms with Crippen LogP contribution in [-0.4, -0.2) is 17.8 Å². The van der Waals surface area contributed by atoms with E-state index in [0.717, 1.165) is 44.0 Å². The number of unbranched alkanes of at least 4 members (excludes halogenated alkanes) is 1. The molecule has 1 rings (SSSR count). The monoisotopic (exact) mass is 312 g/mol. The van der Waals surface area contributed by atoms with Crippen LogP contribution >= 0.6 is 11.8 Å². The van der Waals surface area contributed by atoms with Crippen LogP contribution < -0.4 is 5.32 Å². The molecule has 0 saturated heterocycles. The van der Waals surface area contributed by atoms with E-state index in [2.05, 4.69) is 18.3 Å². The molecule has 1 N–H and O–H groups in total. The van der Waals surface area contributed by atoms with Crippen molar-refractivity contribution in [2.75, 3.05) is 12.3 Å². The van der Waals surface area contributed by atoms with Crippen molar-refractivity contribution in [3.63, 3.8) is 0 Å².